The van der Waals surface area contributed by atoms with Crippen LogP contribution in [-0.2, 0) is 18.5 Å². The van der Waals surface area contributed by atoms with Gasteiger partial charge in [0.25, 0.3) is 5.56 Å². The Labute approximate surface area is 172 Å². The van der Waals surface area contributed by atoms with Crippen molar-refractivity contribution in [2.45, 2.75) is 43.7 Å². The summed E-state index contributed by atoms with van der Waals surface area (Å²) in [6.45, 7) is 6.92. The molecule has 5 nitrogen and oxygen atoms in total. The lowest BCUT2D eigenvalue weighted by Crippen LogP contribution is -2.46. The molecule has 1 aromatic heterocycles. The molecule has 2 aromatic rings. The summed E-state index contributed by atoms with van der Waals surface area (Å²) < 4.78 is 2.09. The largest absolute Gasteiger partial charge is 0.384 e. The molecule has 2 bridgehead atoms. The van der Waals surface area contributed by atoms with E-state index < -0.39 is 0 Å². The fourth-order valence-electron chi connectivity index (χ4n) is 6.24. The normalized spacial score (nSPS) is 27.3. The highest BCUT2D eigenvalue weighted by atomic mass is 16.1. The number of pyridine rings is 1. The third-order valence-electron chi connectivity index (χ3n) is 7.91. The van der Waals surface area contributed by atoms with Gasteiger partial charge in [-0.15, -0.1) is 0 Å². The highest BCUT2D eigenvalue weighted by Crippen LogP contribution is 2.44. The summed E-state index contributed by atoms with van der Waals surface area (Å²) in [4.78, 5) is 15.7. The second-order valence-electron chi connectivity index (χ2n) is 9.61. The molecular weight excluding hydrogens is 360 g/mol. The van der Waals surface area contributed by atoms with Crippen LogP contribution in [0.4, 0.5) is 5.69 Å². The van der Waals surface area contributed by atoms with E-state index in [1.165, 1.54) is 36.2 Å². The van der Waals surface area contributed by atoms with E-state index in [-0.39, 0.29) is 11.0 Å². The number of fused-ring (bicyclic) bond motifs is 6. The van der Waals surface area contributed by atoms with Crippen molar-refractivity contribution in [2.24, 2.45) is 5.92 Å². The van der Waals surface area contributed by atoms with E-state index in [9.17, 15) is 4.79 Å². The lowest BCUT2D eigenvalue weighted by Gasteiger charge is -2.40. The monoisotopic (exact) mass is 390 g/mol. The molecule has 2 saturated heterocycles. The Morgan fingerprint density at radius 1 is 1.07 bits per heavy atom. The van der Waals surface area contributed by atoms with E-state index in [4.69, 9.17) is 0 Å². The first kappa shape index (κ1) is 17.7. The number of para-hydroxylation sites is 1. The van der Waals surface area contributed by atoms with Crippen molar-refractivity contribution in [1.29, 1.82) is 0 Å². The quantitative estimate of drug-likeness (QED) is 0.827. The number of benzene rings is 1. The molecule has 1 spiro atoms. The maximum absolute atomic E-state index is 13.2. The number of hydrogen-bond donors (Lipinski definition) is 2. The maximum Gasteiger partial charge on any atom is 0.255 e. The number of likely N-dealkylation sites (tertiary alicyclic amines) is 1. The summed E-state index contributed by atoms with van der Waals surface area (Å²) in [6.07, 6.45) is 3.56. The van der Waals surface area contributed by atoms with Crippen molar-refractivity contribution in [3.63, 3.8) is 0 Å². The zero-order valence-corrected chi connectivity index (χ0v) is 17.0. The van der Waals surface area contributed by atoms with Gasteiger partial charge in [-0.25, -0.2) is 0 Å². The van der Waals surface area contributed by atoms with Crippen LogP contribution in [0.15, 0.2) is 41.2 Å². The smallest absolute Gasteiger partial charge is 0.255 e. The molecule has 0 radical (unpaired) electrons. The second kappa shape index (κ2) is 6.71. The van der Waals surface area contributed by atoms with Gasteiger partial charge >= 0.3 is 0 Å². The summed E-state index contributed by atoms with van der Waals surface area (Å²) in [5.41, 5.74) is 5.56. The Kier molecular flexibility index (Phi) is 4.10. The summed E-state index contributed by atoms with van der Waals surface area (Å²) in [6, 6.07) is 13.1. The molecule has 1 aromatic carbocycles. The Bertz CT molecular complexity index is 989. The molecule has 4 aliphatic heterocycles. The number of rotatable bonds is 2. The van der Waals surface area contributed by atoms with Gasteiger partial charge in [0.2, 0.25) is 0 Å². The second-order valence-corrected chi connectivity index (χ2v) is 9.61. The van der Waals surface area contributed by atoms with Crippen molar-refractivity contribution in [1.82, 2.24) is 14.8 Å². The van der Waals surface area contributed by atoms with Crippen molar-refractivity contribution in [2.75, 3.05) is 38.0 Å². The van der Waals surface area contributed by atoms with Gasteiger partial charge in [-0.3, -0.25) is 9.69 Å². The first-order valence-electron chi connectivity index (χ1n) is 11.2. The minimum absolute atomic E-state index is 0.257. The predicted octanol–water partition coefficient (Wildman–Crippen LogP) is 2.51. The number of anilines is 1. The van der Waals surface area contributed by atoms with Crippen LogP contribution in [0.2, 0.25) is 0 Å². The zero-order valence-electron chi connectivity index (χ0n) is 17.0. The molecule has 0 saturated carbocycles. The van der Waals surface area contributed by atoms with Crippen molar-refractivity contribution >= 4 is 5.69 Å². The van der Waals surface area contributed by atoms with Gasteiger partial charge in [0.15, 0.2) is 0 Å². The van der Waals surface area contributed by atoms with Gasteiger partial charge in [-0.05, 0) is 62.5 Å². The number of aromatic nitrogens is 1. The van der Waals surface area contributed by atoms with Crippen LogP contribution in [-0.4, -0.2) is 42.2 Å². The third-order valence-corrected chi connectivity index (χ3v) is 7.91. The summed E-state index contributed by atoms with van der Waals surface area (Å²) >= 11 is 0. The highest BCUT2D eigenvalue weighted by Gasteiger charge is 2.41. The lowest BCUT2D eigenvalue weighted by atomic mass is 9.74. The predicted molar refractivity (Wildman–Crippen MR) is 116 cm³/mol. The SMILES string of the molecule is O=c1c(CN2CCC3(CC2)CNc2ccccc23)ccc2n1C[C@@H]1CNC[C@H]2C1. The molecule has 0 amide bonds. The molecule has 6 rings (SSSR count). The van der Waals surface area contributed by atoms with Crippen LogP contribution in [0.3, 0.4) is 0 Å². The van der Waals surface area contributed by atoms with Crippen molar-refractivity contribution < 1.29 is 0 Å². The molecule has 5 heteroatoms. The molecule has 0 unspecified atom stereocenters. The van der Waals surface area contributed by atoms with Gasteiger partial charge in [0.05, 0.1) is 0 Å². The van der Waals surface area contributed by atoms with Gasteiger partial charge in [0.1, 0.15) is 0 Å². The van der Waals surface area contributed by atoms with E-state index in [2.05, 4.69) is 56.5 Å². The standard InChI is InChI=1S/C24H30N4O/c29-23-18(5-6-22-19-11-17(12-25-13-19)14-28(22)23)15-27-9-7-24(8-10-27)16-26-21-4-2-1-3-20(21)24/h1-6,17,19,25-26H,7-16H2/t17-,19+/m0/s1. The first-order valence-corrected chi connectivity index (χ1v) is 11.2. The molecule has 4 aliphatic rings. The number of hydrogen-bond acceptors (Lipinski definition) is 4. The molecule has 2 atom stereocenters. The number of nitrogens with one attached hydrogen (secondary N) is 2. The minimum Gasteiger partial charge on any atom is -0.384 e. The van der Waals surface area contributed by atoms with Crippen LogP contribution in [0.1, 0.15) is 42.0 Å². The zero-order chi connectivity index (χ0) is 19.4. The average Bonchev–Trinajstić information content (AvgIpc) is 3.11. The maximum atomic E-state index is 13.2. The fourth-order valence-corrected chi connectivity index (χ4v) is 6.24. The minimum atomic E-state index is 0.257. The van der Waals surface area contributed by atoms with Gasteiger partial charge in [-0.1, -0.05) is 24.3 Å². The first-order chi connectivity index (χ1) is 14.2. The molecule has 29 heavy (non-hydrogen) atoms. The molecular formula is C24H30N4O. The van der Waals surface area contributed by atoms with Crippen LogP contribution in [0.25, 0.3) is 0 Å². The fraction of sp³-hybridized carbons (Fsp3) is 0.542. The van der Waals surface area contributed by atoms with Gasteiger partial charge in [-0.2, -0.15) is 0 Å². The molecule has 2 fully saturated rings. The lowest BCUT2D eigenvalue weighted by molar-refractivity contribution is 0.161. The average molecular weight is 391 g/mol. The van der Waals surface area contributed by atoms with E-state index >= 15 is 0 Å². The van der Waals surface area contributed by atoms with Gasteiger partial charge < -0.3 is 15.2 Å². The Hall–Kier alpha value is -2.11. The Morgan fingerprint density at radius 2 is 1.93 bits per heavy atom. The number of piperidine rings is 2. The topological polar surface area (TPSA) is 49.3 Å². The number of nitrogens with zero attached hydrogens (tertiary/aromatic N) is 2. The highest BCUT2D eigenvalue weighted by molar-refractivity contribution is 5.60. The molecule has 152 valence electrons. The van der Waals surface area contributed by atoms with E-state index in [1.54, 1.807) is 0 Å². The van der Waals surface area contributed by atoms with Crippen LogP contribution in [0.5, 0.6) is 0 Å². The van der Waals surface area contributed by atoms with Crippen LogP contribution < -0.4 is 16.2 Å². The van der Waals surface area contributed by atoms with Crippen LogP contribution in [0, 0.1) is 5.92 Å². The van der Waals surface area contributed by atoms with Gasteiger partial charge in [0, 0.05) is 54.5 Å². The van der Waals surface area contributed by atoms with Crippen molar-refractivity contribution in [3.8, 4) is 0 Å². The van der Waals surface area contributed by atoms with E-state index in [1.807, 2.05) is 0 Å². The summed E-state index contributed by atoms with van der Waals surface area (Å²) in [5.74, 6) is 1.12. The van der Waals surface area contributed by atoms with Crippen LogP contribution >= 0.6 is 0 Å². The van der Waals surface area contributed by atoms with E-state index in [0.29, 0.717) is 11.8 Å². The van der Waals surface area contributed by atoms with Crippen molar-refractivity contribution in [3.05, 3.63) is 63.6 Å². The molecule has 2 N–H and O–H groups in total. The third kappa shape index (κ3) is 2.86. The van der Waals surface area contributed by atoms with E-state index in [0.717, 1.165) is 51.4 Å². The summed E-state index contributed by atoms with van der Waals surface area (Å²) in [7, 11) is 0. The summed E-state index contributed by atoms with van der Waals surface area (Å²) in [5, 5.41) is 7.14. The Morgan fingerprint density at radius 3 is 2.83 bits per heavy atom. The molecule has 0 aliphatic carbocycles. The molecule has 5 heterocycles. The Balaban J connectivity index is 1.19.